The number of hydrogen-bond donors (Lipinski definition) is 1. The summed E-state index contributed by atoms with van der Waals surface area (Å²) in [6, 6.07) is 0. The van der Waals surface area contributed by atoms with Gasteiger partial charge >= 0.3 is 0 Å². The van der Waals surface area contributed by atoms with Crippen molar-refractivity contribution in [1.29, 1.82) is 0 Å². The van der Waals surface area contributed by atoms with Gasteiger partial charge in [-0.05, 0) is 20.3 Å². The third kappa shape index (κ3) is 7.54. The lowest BCUT2D eigenvalue weighted by Gasteiger charge is -1.95. The van der Waals surface area contributed by atoms with Crippen LogP contribution in [0.5, 0.6) is 0 Å². The summed E-state index contributed by atoms with van der Waals surface area (Å²) in [5.41, 5.74) is 7.75. The van der Waals surface area contributed by atoms with Gasteiger partial charge in [-0.2, -0.15) is 0 Å². The van der Waals surface area contributed by atoms with Gasteiger partial charge in [-0.25, -0.2) is 0 Å². The molecule has 0 amide bonds. The van der Waals surface area contributed by atoms with Gasteiger partial charge in [-0.1, -0.05) is 26.3 Å². The number of hydrogen-bond acceptors (Lipinski definition) is 1. The highest BCUT2D eigenvalue weighted by molar-refractivity contribution is 5.03. The van der Waals surface area contributed by atoms with Gasteiger partial charge in [0, 0.05) is 5.70 Å². The van der Waals surface area contributed by atoms with E-state index in [-0.39, 0.29) is 0 Å². The summed E-state index contributed by atoms with van der Waals surface area (Å²) in [7, 11) is 0. The standard InChI is InChI=1S/C6H13N.C2H6/c1-4-6(7)5(2)3;1-2/h4,7H2,1-3H3;1-2H3. The van der Waals surface area contributed by atoms with Gasteiger partial charge in [0.2, 0.25) is 0 Å². The highest BCUT2D eigenvalue weighted by Crippen LogP contribution is 1.97. The Morgan fingerprint density at radius 2 is 1.56 bits per heavy atom. The van der Waals surface area contributed by atoms with Crippen molar-refractivity contribution in [3.63, 3.8) is 0 Å². The van der Waals surface area contributed by atoms with E-state index in [4.69, 9.17) is 5.73 Å². The van der Waals surface area contributed by atoms with Crippen molar-refractivity contribution in [3.05, 3.63) is 11.3 Å². The summed E-state index contributed by atoms with van der Waals surface area (Å²) in [6.07, 6.45) is 0.975. The molecule has 1 heteroatoms. The molecule has 0 aliphatic rings. The van der Waals surface area contributed by atoms with Crippen molar-refractivity contribution < 1.29 is 0 Å². The molecule has 0 fully saturated rings. The summed E-state index contributed by atoms with van der Waals surface area (Å²) in [6.45, 7) is 10.1. The van der Waals surface area contributed by atoms with Crippen molar-refractivity contribution in [2.45, 2.75) is 41.0 Å². The van der Waals surface area contributed by atoms with E-state index < -0.39 is 0 Å². The van der Waals surface area contributed by atoms with E-state index >= 15 is 0 Å². The average Bonchev–Trinajstić information content (AvgIpc) is 1.91. The molecule has 56 valence electrons. The molecule has 1 nitrogen and oxygen atoms in total. The van der Waals surface area contributed by atoms with Gasteiger partial charge in [-0.15, -0.1) is 0 Å². The lowest BCUT2D eigenvalue weighted by atomic mass is 10.2. The van der Waals surface area contributed by atoms with E-state index in [2.05, 4.69) is 6.92 Å². The second-order valence-corrected chi connectivity index (χ2v) is 1.88. The number of nitrogens with two attached hydrogens (primary N) is 1. The van der Waals surface area contributed by atoms with E-state index in [1.165, 1.54) is 5.57 Å². The molecule has 0 saturated heterocycles. The van der Waals surface area contributed by atoms with Gasteiger partial charge < -0.3 is 5.73 Å². The molecule has 0 spiro atoms. The lowest BCUT2D eigenvalue weighted by molar-refractivity contribution is 1.02. The van der Waals surface area contributed by atoms with Crippen LogP contribution in [0.15, 0.2) is 11.3 Å². The Balaban J connectivity index is 0. The van der Waals surface area contributed by atoms with Crippen LogP contribution in [0.3, 0.4) is 0 Å². The summed E-state index contributed by atoms with van der Waals surface area (Å²) in [5, 5.41) is 0. The third-order valence-electron chi connectivity index (χ3n) is 1.02. The van der Waals surface area contributed by atoms with Gasteiger partial charge in [0.05, 0.1) is 0 Å². The highest BCUT2D eigenvalue weighted by atomic mass is 14.6. The predicted molar refractivity (Wildman–Crippen MR) is 44.2 cm³/mol. The van der Waals surface area contributed by atoms with Crippen LogP contribution < -0.4 is 5.73 Å². The maximum absolute atomic E-state index is 5.50. The van der Waals surface area contributed by atoms with Crippen LogP contribution >= 0.6 is 0 Å². The molecular formula is C8H19N. The topological polar surface area (TPSA) is 26.0 Å². The monoisotopic (exact) mass is 129 g/mol. The zero-order chi connectivity index (χ0) is 7.86. The SMILES string of the molecule is CC.CCC(N)=C(C)C. The van der Waals surface area contributed by atoms with Crippen LogP contribution in [0.1, 0.15) is 41.0 Å². The minimum absolute atomic E-state index is 0.975. The number of allylic oxidation sites excluding steroid dienone is 2. The van der Waals surface area contributed by atoms with Crippen molar-refractivity contribution in [2.75, 3.05) is 0 Å². The van der Waals surface area contributed by atoms with Crippen molar-refractivity contribution in [2.24, 2.45) is 5.73 Å². The van der Waals surface area contributed by atoms with E-state index in [9.17, 15) is 0 Å². The summed E-state index contributed by atoms with van der Waals surface area (Å²) >= 11 is 0. The summed E-state index contributed by atoms with van der Waals surface area (Å²) < 4.78 is 0. The van der Waals surface area contributed by atoms with Gasteiger partial charge in [0.1, 0.15) is 0 Å². The quantitative estimate of drug-likeness (QED) is 0.578. The minimum Gasteiger partial charge on any atom is -0.402 e. The molecule has 0 radical (unpaired) electrons. The van der Waals surface area contributed by atoms with Crippen LogP contribution in [-0.4, -0.2) is 0 Å². The molecule has 9 heavy (non-hydrogen) atoms. The predicted octanol–water partition coefficient (Wildman–Crippen LogP) is 2.68. The first-order valence-electron chi connectivity index (χ1n) is 3.60. The molecule has 0 atom stereocenters. The Morgan fingerprint density at radius 3 is 1.56 bits per heavy atom. The fourth-order valence-corrected chi connectivity index (χ4v) is 0.354. The lowest BCUT2D eigenvalue weighted by Crippen LogP contribution is -1.96. The van der Waals surface area contributed by atoms with Crippen molar-refractivity contribution >= 4 is 0 Å². The molecule has 2 N–H and O–H groups in total. The zero-order valence-corrected chi connectivity index (χ0v) is 7.28. The minimum atomic E-state index is 0.975. The van der Waals surface area contributed by atoms with E-state index in [0.717, 1.165) is 12.1 Å². The zero-order valence-electron chi connectivity index (χ0n) is 7.28. The third-order valence-corrected chi connectivity index (χ3v) is 1.02. The van der Waals surface area contributed by atoms with E-state index in [1.807, 2.05) is 27.7 Å². The van der Waals surface area contributed by atoms with Crippen LogP contribution in [0, 0.1) is 0 Å². The molecule has 0 aliphatic carbocycles. The van der Waals surface area contributed by atoms with E-state index in [1.54, 1.807) is 0 Å². The fourth-order valence-electron chi connectivity index (χ4n) is 0.354. The largest absolute Gasteiger partial charge is 0.402 e. The maximum Gasteiger partial charge on any atom is 0.00639 e. The molecule has 0 unspecified atom stereocenters. The first-order valence-corrected chi connectivity index (χ1v) is 3.60. The van der Waals surface area contributed by atoms with Gasteiger partial charge in [-0.3, -0.25) is 0 Å². The Labute approximate surface area is 58.9 Å². The van der Waals surface area contributed by atoms with Crippen LogP contribution in [-0.2, 0) is 0 Å². The molecule has 0 heterocycles. The Kier molecular flexibility index (Phi) is 9.51. The molecule has 0 rings (SSSR count). The molecule has 0 aromatic rings. The van der Waals surface area contributed by atoms with Crippen molar-refractivity contribution in [1.82, 2.24) is 0 Å². The highest BCUT2D eigenvalue weighted by Gasteiger charge is 1.83. The molecular weight excluding hydrogens is 110 g/mol. The Bertz CT molecular complexity index is 78.6. The Hall–Kier alpha value is -0.460. The molecule has 0 aromatic heterocycles. The molecule has 0 bridgehead atoms. The second-order valence-electron chi connectivity index (χ2n) is 1.88. The normalized spacial score (nSPS) is 7.22. The van der Waals surface area contributed by atoms with Crippen LogP contribution in [0.25, 0.3) is 0 Å². The molecule has 0 aromatic carbocycles. The van der Waals surface area contributed by atoms with Crippen LogP contribution in [0.2, 0.25) is 0 Å². The molecule has 0 saturated carbocycles. The Morgan fingerprint density at radius 1 is 1.22 bits per heavy atom. The van der Waals surface area contributed by atoms with Crippen molar-refractivity contribution in [3.8, 4) is 0 Å². The summed E-state index contributed by atoms with van der Waals surface area (Å²) in [5.74, 6) is 0. The van der Waals surface area contributed by atoms with Crippen LogP contribution in [0.4, 0.5) is 0 Å². The first kappa shape index (κ1) is 11.4. The van der Waals surface area contributed by atoms with Gasteiger partial charge in [0.25, 0.3) is 0 Å². The summed E-state index contributed by atoms with van der Waals surface area (Å²) in [4.78, 5) is 0. The number of rotatable bonds is 1. The first-order chi connectivity index (χ1) is 4.18. The van der Waals surface area contributed by atoms with E-state index in [0.29, 0.717) is 0 Å². The van der Waals surface area contributed by atoms with Gasteiger partial charge in [0.15, 0.2) is 0 Å². The second kappa shape index (κ2) is 7.54. The fraction of sp³-hybridized carbons (Fsp3) is 0.750. The average molecular weight is 129 g/mol. The maximum atomic E-state index is 5.50. The smallest absolute Gasteiger partial charge is 0.00639 e. The molecule has 0 aliphatic heterocycles.